The molecule has 1 saturated heterocycles. The zero-order chi connectivity index (χ0) is 35.1. The maximum absolute atomic E-state index is 13.4. The van der Waals surface area contributed by atoms with Crippen LogP contribution in [-0.4, -0.2) is 89.4 Å². The van der Waals surface area contributed by atoms with Crippen molar-refractivity contribution < 1.29 is 34.2 Å². The number of carboxylic acids is 2. The smallest absolute Gasteiger partial charge is 0.352 e. The molecule has 16 nitrogen and oxygen atoms in total. The van der Waals surface area contributed by atoms with Gasteiger partial charge in [-0.05, 0) is 51.0 Å². The molecular weight excluding hydrogens is 683 g/mol. The van der Waals surface area contributed by atoms with Crippen molar-refractivity contribution in [2.45, 2.75) is 50.9 Å². The number of aryl methyl sites for hydroxylation is 2. The number of nitrogens with one attached hydrogen (secondary N) is 1. The molecule has 5 rings (SSSR count). The molecule has 9 N–H and O–H groups in total. The molecule has 2 aromatic rings. The van der Waals surface area contributed by atoms with Crippen LogP contribution in [0.1, 0.15) is 30.7 Å². The van der Waals surface area contributed by atoms with Crippen molar-refractivity contribution in [3.8, 4) is 0 Å². The molecule has 3 atom stereocenters. The molecule has 3 aliphatic heterocycles. The zero-order valence-corrected chi connectivity index (χ0v) is 28.6. The molecule has 2 amide bonds. The number of aliphatic imine (C=N–C) groups is 1. The normalized spacial score (nSPS) is 21.2. The molecule has 0 radical (unpaired) electrons. The minimum Gasteiger partial charge on any atom is -0.478 e. The predicted molar refractivity (Wildman–Crippen MR) is 184 cm³/mol. The number of carboxylic acid groups (broad SMARTS) is 2. The van der Waals surface area contributed by atoms with Gasteiger partial charge in [-0.15, -0.1) is 23.1 Å². The number of amidine groups is 1. The number of amides is 2. The molecule has 1 aromatic heterocycles. The molecule has 3 aliphatic rings. The van der Waals surface area contributed by atoms with Crippen LogP contribution in [-0.2, 0) is 24.0 Å². The zero-order valence-electron chi connectivity index (χ0n) is 26.2. The van der Waals surface area contributed by atoms with E-state index in [1.807, 2.05) is 36.9 Å². The second kappa shape index (κ2) is 13.5. The van der Waals surface area contributed by atoms with Gasteiger partial charge in [0.05, 0.1) is 0 Å². The number of benzene rings is 1. The molecule has 0 saturated carbocycles. The number of nitrogen functional groups attached to an aromatic ring is 1. The molecular formula is C29H33N9O7S3. The van der Waals surface area contributed by atoms with Gasteiger partial charge in [-0.25, -0.2) is 19.6 Å². The van der Waals surface area contributed by atoms with E-state index >= 15 is 0 Å². The average molecular weight is 716 g/mol. The molecule has 0 spiro atoms. The Morgan fingerprint density at radius 2 is 1.94 bits per heavy atom. The van der Waals surface area contributed by atoms with Gasteiger partial charge < -0.3 is 42.5 Å². The Hall–Kier alpha value is -4.59. The number of carbonyl (C=O) groups excluding carboxylic acids is 2. The van der Waals surface area contributed by atoms with Gasteiger partial charge in [-0.2, -0.15) is 0 Å². The number of oxime groups is 1. The van der Waals surface area contributed by atoms with E-state index in [0.717, 1.165) is 33.1 Å². The van der Waals surface area contributed by atoms with Crippen LogP contribution in [0.25, 0.3) is 0 Å². The number of carbonyl (C=O) groups is 4. The quantitative estimate of drug-likeness (QED) is 0.115. The van der Waals surface area contributed by atoms with Crippen LogP contribution in [0, 0.1) is 13.8 Å². The summed E-state index contributed by atoms with van der Waals surface area (Å²) < 4.78 is 0. The van der Waals surface area contributed by atoms with Crippen LogP contribution in [0.3, 0.4) is 0 Å². The van der Waals surface area contributed by atoms with E-state index in [-0.39, 0.29) is 33.8 Å². The lowest BCUT2D eigenvalue weighted by Crippen LogP contribution is -2.71. The third kappa shape index (κ3) is 6.84. The predicted octanol–water partition coefficient (Wildman–Crippen LogP) is 1.36. The lowest BCUT2D eigenvalue weighted by atomic mass is 10.0. The van der Waals surface area contributed by atoms with Gasteiger partial charge in [0.25, 0.3) is 11.8 Å². The van der Waals surface area contributed by atoms with Gasteiger partial charge >= 0.3 is 11.9 Å². The highest BCUT2D eigenvalue weighted by atomic mass is 32.2. The van der Waals surface area contributed by atoms with Crippen LogP contribution in [0.2, 0.25) is 0 Å². The number of β-lactam (4-membered cyclic amide) rings is 1. The Labute approximate surface area is 287 Å². The Morgan fingerprint density at radius 1 is 1.21 bits per heavy atom. The molecule has 1 aromatic carbocycles. The first-order chi connectivity index (χ1) is 22.6. The van der Waals surface area contributed by atoms with Crippen molar-refractivity contribution in [1.82, 2.24) is 15.2 Å². The number of nitrogens with zero attached hydrogens (tertiary/aromatic N) is 5. The highest BCUT2D eigenvalue weighted by molar-refractivity contribution is 8.14. The van der Waals surface area contributed by atoms with E-state index in [4.69, 9.17) is 22.0 Å². The summed E-state index contributed by atoms with van der Waals surface area (Å²) in [4.78, 5) is 67.4. The van der Waals surface area contributed by atoms with Crippen molar-refractivity contribution in [2.75, 3.05) is 22.1 Å². The number of thiazole rings is 1. The number of thioether (sulfide) groups is 2. The summed E-state index contributed by atoms with van der Waals surface area (Å²) in [5.74, 6) is -3.52. The molecule has 1 fully saturated rings. The fourth-order valence-electron chi connectivity index (χ4n) is 4.98. The summed E-state index contributed by atoms with van der Waals surface area (Å²) in [5.41, 5.74) is 19.2. The maximum Gasteiger partial charge on any atom is 0.352 e. The minimum absolute atomic E-state index is 0.0113. The molecule has 19 heteroatoms. The average Bonchev–Trinajstić information content (AvgIpc) is 3.44. The first-order valence-corrected chi connectivity index (χ1v) is 17.2. The topological polar surface area (TPSA) is 252 Å². The molecule has 2 unspecified atom stereocenters. The lowest BCUT2D eigenvalue weighted by Gasteiger charge is -2.49. The highest BCUT2D eigenvalue weighted by Crippen LogP contribution is 2.42. The SMILES string of the molecule is Cc1ccc(N2C(SCC3=C(C(=O)O)N4C(=O)C(NC(=O)/C(=N\OC(C)(C)C(=O)O)c5csc(N)n5)[C@@H]4SC3)=NC(N)=CC2N)c(C)c1. The molecule has 4 heterocycles. The Balaban J connectivity index is 1.35. The van der Waals surface area contributed by atoms with Gasteiger partial charge in [0.2, 0.25) is 5.60 Å². The Kier molecular flexibility index (Phi) is 9.77. The van der Waals surface area contributed by atoms with E-state index < -0.39 is 52.6 Å². The van der Waals surface area contributed by atoms with E-state index in [1.165, 1.54) is 42.8 Å². The van der Waals surface area contributed by atoms with Crippen molar-refractivity contribution >= 4 is 80.3 Å². The van der Waals surface area contributed by atoms with Crippen LogP contribution in [0.5, 0.6) is 0 Å². The Morgan fingerprint density at radius 3 is 2.56 bits per heavy atom. The van der Waals surface area contributed by atoms with Gasteiger partial charge in [0.1, 0.15) is 34.8 Å². The Bertz CT molecular complexity index is 1820. The van der Waals surface area contributed by atoms with E-state index in [2.05, 4.69) is 20.4 Å². The van der Waals surface area contributed by atoms with Crippen molar-refractivity contribution in [3.63, 3.8) is 0 Å². The third-order valence-corrected chi connectivity index (χ3v) is 10.5. The van der Waals surface area contributed by atoms with Crippen LogP contribution in [0.4, 0.5) is 10.8 Å². The maximum atomic E-state index is 13.4. The number of fused-ring (bicyclic) bond motifs is 1. The molecule has 0 bridgehead atoms. The fourth-order valence-corrected chi connectivity index (χ4v) is 8.07. The van der Waals surface area contributed by atoms with Gasteiger partial charge in [-0.1, -0.05) is 34.6 Å². The van der Waals surface area contributed by atoms with Crippen LogP contribution >= 0.6 is 34.9 Å². The summed E-state index contributed by atoms with van der Waals surface area (Å²) in [7, 11) is 0. The second-order valence-electron chi connectivity index (χ2n) is 11.5. The van der Waals surface area contributed by atoms with E-state index in [1.54, 1.807) is 6.08 Å². The van der Waals surface area contributed by atoms with E-state index in [9.17, 15) is 29.4 Å². The van der Waals surface area contributed by atoms with Crippen molar-refractivity contribution in [2.24, 2.45) is 21.6 Å². The summed E-state index contributed by atoms with van der Waals surface area (Å²) in [5, 5.41) is 27.2. The monoisotopic (exact) mass is 715 g/mol. The summed E-state index contributed by atoms with van der Waals surface area (Å²) in [6, 6.07) is 4.80. The summed E-state index contributed by atoms with van der Waals surface area (Å²) >= 11 is 3.54. The largest absolute Gasteiger partial charge is 0.478 e. The molecule has 0 aliphatic carbocycles. The van der Waals surface area contributed by atoms with Gasteiger partial charge in [0.15, 0.2) is 16.0 Å². The van der Waals surface area contributed by atoms with Gasteiger partial charge in [0, 0.05) is 22.6 Å². The molecule has 48 heavy (non-hydrogen) atoms. The fraction of sp³-hybridized carbons (Fsp3) is 0.345. The number of rotatable bonds is 10. The minimum atomic E-state index is -1.78. The van der Waals surface area contributed by atoms with Crippen molar-refractivity contribution in [3.05, 3.63) is 63.6 Å². The lowest BCUT2D eigenvalue weighted by molar-refractivity contribution is -0.161. The highest BCUT2D eigenvalue weighted by Gasteiger charge is 2.54. The standard InChI is InChI=1S/C29H33N9O7S3/c1-12-5-6-16(13(2)7-12)37-18(31)8-17(30)34-28(37)48-10-14-9-46-24-20(23(40)38(24)21(14)25(41)42)35-22(39)19(15-11-47-27(32)33-15)36-45-29(3,4)26(43)44/h5-8,11,18,20,24H,9-10,30-31H2,1-4H3,(H2,32,33)(H,35,39)(H,41,42)(H,43,44)/b36-19-/t18?,20?,24-/m0/s1. The number of hydrogen-bond acceptors (Lipinski definition) is 15. The second-order valence-corrected chi connectivity index (χ2v) is 14.4. The summed E-state index contributed by atoms with van der Waals surface area (Å²) in [6.07, 6.45) is 1.01. The number of anilines is 2. The first-order valence-electron chi connectivity index (χ1n) is 14.3. The third-order valence-electron chi connectivity index (χ3n) is 7.45. The number of hydrogen-bond donors (Lipinski definition) is 6. The summed E-state index contributed by atoms with van der Waals surface area (Å²) in [6.45, 7) is 6.43. The van der Waals surface area contributed by atoms with Crippen LogP contribution < -0.4 is 27.4 Å². The number of aliphatic carboxylic acids is 2. The number of nitrogens with two attached hydrogens (primary N) is 3. The number of aromatic nitrogens is 1. The molecule has 254 valence electrons. The first kappa shape index (κ1) is 34.7. The van der Waals surface area contributed by atoms with Gasteiger partial charge in [-0.3, -0.25) is 14.5 Å². The van der Waals surface area contributed by atoms with E-state index in [0.29, 0.717) is 10.7 Å². The van der Waals surface area contributed by atoms with Crippen LogP contribution in [0.15, 0.2) is 56.9 Å². The van der Waals surface area contributed by atoms with Crippen molar-refractivity contribution in [1.29, 1.82) is 0 Å².